The number of aliphatic hydroxyl groups is 1. The van der Waals surface area contributed by atoms with Crippen molar-refractivity contribution in [2.24, 2.45) is 5.92 Å². The van der Waals surface area contributed by atoms with Crippen molar-refractivity contribution in [1.29, 1.82) is 0 Å². The number of hydrogen-bond donors (Lipinski definition) is 3. The van der Waals surface area contributed by atoms with Gasteiger partial charge in [-0.2, -0.15) is 0 Å². The maximum atomic E-state index is 14.0. The fourth-order valence-corrected chi connectivity index (χ4v) is 3.95. The van der Waals surface area contributed by atoms with Crippen LogP contribution in [0.15, 0.2) is 53.4 Å². The van der Waals surface area contributed by atoms with Crippen LogP contribution in [0.2, 0.25) is 0 Å². The Balaban J connectivity index is 1.77. The van der Waals surface area contributed by atoms with Gasteiger partial charge in [0.05, 0.1) is 6.10 Å². The van der Waals surface area contributed by atoms with Gasteiger partial charge < -0.3 is 15.7 Å². The maximum absolute atomic E-state index is 14.0. The second-order valence-corrected chi connectivity index (χ2v) is 7.36. The first-order chi connectivity index (χ1) is 12.5. The van der Waals surface area contributed by atoms with Crippen LogP contribution in [-0.2, 0) is 4.79 Å². The summed E-state index contributed by atoms with van der Waals surface area (Å²) in [6.07, 6.45) is -0.501. The van der Waals surface area contributed by atoms with E-state index in [0.29, 0.717) is 25.2 Å². The van der Waals surface area contributed by atoms with Crippen molar-refractivity contribution in [2.75, 3.05) is 19.6 Å². The normalized spacial score (nSPS) is 20.7. The van der Waals surface area contributed by atoms with Gasteiger partial charge in [0.25, 0.3) is 0 Å². The van der Waals surface area contributed by atoms with Gasteiger partial charge in [0.2, 0.25) is 5.91 Å². The fourth-order valence-electron chi connectivity index (χ4n) is 2.85. The van der Waals surface area contributed by atoms with E-state index in [1.165, 1.54) is 0 Å². The number of rotatable bonds is 6. The van der Waals surface area contributed by atoms with Crippen molar-refractivity contribution in [3.8, 4) is 0 Å². The Morgan fingerprint density at radius 3 is 2.69 bits per heavy atom. The molecule has 0 saturated carbocycles. The molecule has 1 aliphatic heterocycles. The summed E-state index contributed by atoms with van der Waals surface area (Å²) in [5.74, 6) is -1.49. The largest absolute Gasteiger partial charge is 0.391 e. The van der Waals surface area contributed by atoms with E-state index in [-0.39, 0.29) is 16.7 Å². The molecule has 3 N–H and O–H groups in total. The Bertz CT molecular complexity index is 760. The lowest BCUT2D eigenvalue weighted by atomic mass is 10.1. The van der Waals surface area contributed by atoms with Crippen molar-refractivity contribution in [1.82, 2.24) is 10.6 Å². The average Bonchev–Trinajstić information content (AvgIpc) is 3.06. The number of aliphatic hydroxyl groups excluding tert-OH is 1. The van der Waals surface area contributed by atoms with Crippen molar-refractivity contribution >= 4 is 17.7 Å². The molecule has 7 heteroatoms. The van der Waals surface area contributed by atoms with Crippen molar-refractivity contribution < 1.29 is 18.7 Å². The van der Waals surface area contributed by atoms with Crippen LogP contribution in [0.5, 0.6) is 0 Å². The zero-order valence-electron chi connectivity index (χ0n) is 14.0. The Morgan fingerprint density at radius 1 is 1.23 bits per heavy atom. The van der Waals surface area contributed by atoms with E-state index in [1.54, 1.807) is 24.3 Å². The Hall–Kier alpha value is -1.96. The number of nitrogens with one attached hydrogen (secondary N) is 2. The summed E-state index contributed by atoms with van der Waals surface area (Å²) in [5.41, 5.74) is 0.698. The highest BCUT2D eigenvalue weighted by Gasteiger charge is 2.28. The van der Waals surface area contributed by atoms with E-state index in [4.69, 9.17) is 0 Å². The molecule has 1 fully saturated rings. The Morgan fingerprint density at radius 2 is 2.00 bits per heavy atom. The zero-order chi connectivity index (χ0) is 18.5. The molecule has 0 radical (unpaired) electrons. The number of β-amino-alcohol motifs (C(OH)–C–C–N with tert-alkyl or cyclic N) is 1. The SMILES string of the molecule is O=C(NCC1CNCC1O)C(Sc1cc(F)ccc1F)c1ccccc1. The molecule has 1 heterocycles. The third-order valence-electron chi connectivity index (χ3n) is 4.32. The first-order valence-corrected chi connectivity index (χ1v) is 9.25. The van der Waals surface area contributed by atoms with Crippen LogP contribution < -0.4 is 10.6 Å². The molecule has 3 atom stereocenters. The molecule has 0 aromatic heterocycles. The second-order valence-electron chi connectivity index (χ2n) is 6.21. The summed E-state index contributed by atoms with van der Waals surface area (Å²) >= 11 is 0.969. The van der Waals surface area contributed by atoms with Crippen molar-refractivity contribution in [3.05, 3.63) is 65.7 Å². The van der Waals surface area contributed by atoms with Crippen LogP contribution in [0, 0.1) is 17.6 Å². The number of benzene rings is 2. The predicted molar refractivity (Wildman–Crippen MR) is 96.8 cm³/mol. The van der Waals surface area contributed by atoms with Gasteiger partial charge in [0, 0.05) is 30.4 Å². The molecular weight excluding hydrogens is 358 g/mol. The van der Waals surface area contributed by atoms with Gasteiger partial charge in [-0.25, -0.2) is 8.78 Å². The standard InChI is InChI=1S/C19H20F2N2O2S/c20-14-6-7-15(21)17(8-14)26-18(12-4-2-1-3-5-12)19(25)23-10-13-9-22-11-16(13)24/h1-8,13,16,18,22,24H,9-11H2,(H,23,25). The minimum atomic E-state index is -0.723. The Labute approximate surface area is 155 Å². The minimum absolute atomic E-state index is 0.0636. The number of thioether (sulfide) groups is 1. The molecule has 1 amide bonds. The summed E-state index contributed by atoms with van der Waals surface area (Å²) < 4.78 is 27.5. The van der Waals surface area contributed by atoms with Gasteiger partial charge in [-0.15, -0.1) is 11.8 Å². The van der Waals surface area contributed by atoms with Crippen LogP contribution in [0.4, 0.5) is 8.78 Å². The molecule has 3 rings (SSSR count). The highest BCUT2D eigenvalue weighted by atomic mass is 32.2. The highest BCUT2D eigenvalue weighted by molar-refractivity contribution is 8.00. The lowest BCUT2D eigenvalue weighted by molar-refractivity contribution is -0.120. The molecule has 2 aromatic rings. The third-order valence-corrected chi connectivity index (χ3v) is 5.61. The monoisotopic (exact) mass is 378 g/mol. The quantitative estimate of drug-likeness (QED) is 0.676. The van der Waals surface area contributed by atoms with Gasteiger partial charge >= 0.3 is 0 Å². The number of carbonyl (C=O) groups is 1. The van der Waals surface area contributed by atoms with Crippen LogP contribution in [0.3, 0.4) is 0 Å². The van der Waals surface area contributed by atoms with Gasteiger partial charge in [-0.3, -0.25) is 4.79 Å². The van der Waals surface area contributed by atoms with Crippen LogP contribution >= 0.6 is 11.8 Å². The fraction of sp³-hybridized carbons (Fsp3) is 0.316. The van der Waals surface area contributed by atoms with Crippen LogP contribution in [0.25, 0.3) is 0 Å². The van der Waals surface area contributed by atoms with E-state index in [1.807, 2.05) is 6.07 Å². The highest BCUT2D eigenvalue weighted by Crippen LogP contribution is 2.37. The van der Waals surface area contributed by atoms with Crippen molar-refractivity contribution in [2.45, 2.75) is 16.2 Å². The second kappa shape index (κ2) is 8.62. The minimum Gasteiger partial charge on any atom is -0.391 e. The van der Waals surface area contributed by atoms with Crippen LogP contribution in [-0.4, -0.2) is 36.8 Å². The number of halogens is 2. The molecule has 138 valence electrons. The molecule has 1 saturated heterocycles. The van der Waals surface area contributed by atoms with Gasteiger partial charge in [0.1, 0.15) is 16.9 Å². The predicted octanol–water partition coefficient (Wildman–Crippen LogP) is 2.49. The topological polar surface area (TPSA) is 61.4 Å². The number of amides is 1. The zero-order valence-corrected chi connectivity index (χ0v) is 14.8. The van der Waals surface area contributed by atoms with Gasteiger partial charge in [-0.1, -0.05) is 30.3 Å². The summed E-state index contributed by atoms with van der Waals surface area (Å²) in [5, 5.41) is 15.0. The molecule has 0 bridgehead atoms. The Kier molecular flexibility index (Phi) is 6.24. The number of carbonyl (C=O) groups excluding carboxylic acids is 1. The lowest BCUT2D eigenvalue weighted by Gasteiger charge is -2.20. The van der Waals surface area contributed by atoms with Crippen LogP contribution in [0.1, 0.15) is 10.8 Å². The summed E-state index contributed by atoms with van der Waals surface area (Å²) in [4.78, 5) is 12.8. The van der Waals surface area contributed by atoms with E-state index in [0.717, 1.165) is 30.0 Å². The summed E-state index contributed by atoms with van der Waals surface area (Å²) in [6.45, 7) is 1.46. The van der Waals surface area contributed by atoms with E-state index in [2.05, 4.69) is 10.6 Å². The smallest absolute Gasteiger partial charge is 0.238 e. The lowest BCUT2D eigenvalue weighted by Crippen LogP contribution is -2.36. The molecule has 0 aliphatic carbocycles. The average molecular weight is 378 g/mol. The molecule has 0 spiro atoms. The van der Waals surface area contributed by atoms with E-state index >= 15 is 0 Å². The van der Waals surface area contributed by atoms with Crippen molar-refractivity contribution in [3.63, 3.8) is 0 Å². The summed E-state index contributed by atoms with van der Waals surface area (Å²) in [7, 11) is 0. The first-order valence-electron chi connectivity index (χ1n) is 8.37. The summed E-state index contributed by atoms with van der Waals surface area (Å²) in [6, 6.07) is 12.2. The molecular formula is C19H20F2N2O2S. The molecule has 1 aliphatic rings. The molecule has 4 nitrogen and oxygen atoms in total. The van der Waals surface area contributed by atoms with Gasteiger partial charge in [0.15, 0.2) is 0 Å². The molecule has 3 unspecified atom stereocenters. The first kappa shape index (κ1) is 18.8. The number of hydrogen-bond acceptors (Lipinski definition) is 4. The molecule has 2 aromatic carbocycles. The van der Waals surface area contributed by atoms with E-state index < -0.39 is 23.0 Å². The maximum Gasteiger partial charge on any atom is 0.238 e. The third kappa shape index (κ3) is 4.60. The van der Waals surface area contributed by atoms with E-state index in [9.17, 15) is 18.7 Å². The van der Waals surface area contributed by atoms with Gasteiger partial charge in [-0.05, 0) is 23.8 Å². The molecule has 26 heavy (non-hydrogen) atoms.